The van der Waals surface area contributed by atoms with E-state index in [1.54, 1.807) is 5.56 Å². The number of rotatable bonds is 5. The molecular formula is C14H20ClN. The van der Waals surface area contributed by atoms with Crippen molar-refractivity contribution in [1.82, 2.24) is 4.90 Å². The Hall–Kier alpha value is -0.530. The molecule has 88 valence electrons. The van der Waals surface area contributed by atoms with E-state index in [1.807, 2.05) is 0 Å². The Morgan fingerprint density at radius 2 is 2.19 bits per heavy atom. The second-order valence-electron chi connectivity index (χ2n) is 4.93. The molecule has 0 amide bonds. The number of benzene rings is 1. The van der Waals surface area contributed by atoms with Crippen LogP contribution in [0.25, 0.3) is 0 Å². The third-order valence-corrected chi connectivity index (χ3v) is 3.62. The Bertz CT molecular complexity index is 348. The van der Waals surface area contributed by atoms with Crippen LogP contribution in [-0.4, -0.2) is 30.4 Å². The molecule has 16 heavy (non-hydrogen) atoms. The second kappa shape index (κ2) is 5.20. The number of fused-ring (bicyclic) bond motifs is 1. The highest BCUT2D eigenvalue weighted by atomic mass is 35.5. The van der Waals surface area contributed by atoms with E-state index in [0.717, 1.165) is 18.9 Å². The third kappa shape index (κ3) is 2.78. The van der Waals surface area contributed by atoms with Crippen molar-refractivity contribution in [2.45, 2.75) is 31.1 Å². The number of likely N-dealkylation sites (N-methyl/N-ethyl adjacent to an activating group) is 1. The number of hydrogen-bond donors (Lipinski definition) is 0. The predicted octanol–water partition coefficient (Wildman–Crippen LogP) is 3.28. The summed E-state index contributed by atoms with van der Waals surface area (Å²) in [7, 11) is 2.19. The molecule has 2 heteroatoms. The van der Waals surface area contributed by atoms with Crippen molar-refractivity contribution in [3.05, 3.63) is 35.4 Å². The number of nitrogens with zero attached hydrogens (tertiary/aromatic N) is 1. The first-order chi connectivity index (χ1) is 7.66. The van der Waals surface area contributed by atoms with Crippen LogP contribution in [0.1, 0.15) is 30.4 Å². The number of alkyl halides is 1. The fourth-order valence-electron chi connectivity index (χ4n) is 2.39. The number of hydrogen-bond acceptors (Lipinski definition) is 1. The third-order valence-electron chi connectivity index (χ3n) is 3.40. The Morgan fingerprint density at radius 3 is 2.88 bits per heavy atom. The van der Waals surface area contributed by atoms with Crippen molar-refractivity contribution >= 4 is 11.6 Å². The van der Waals surface area contributed by atoms with Gasteiger partial charge in [0.15, 0.2) is 0 Å². The molecular weight excluding hydrogens is 218 g/mol. The molecule has 0 saturated heterocycles. The SMILES string of the molecule is CC(Cl)CCN(C)CC1Cc2ccccc21. The molecule has 1 aromatic carbocycles. The van der Waals surface area contributed by atoms with Gasteiger partial charge in [-0.15, -0.1) is 11.6 Å². The van der Waals surface area contributed by atoms with E-state index in [2.05, 4.69) is 43.1 Å². The first-order valence-corrected chi connectivity index (χ1v) is 6.51. The molecule has 0 heterocycles. The minimum Gasteiger partial charge on any atom is -0.306 e. The fourth-order valence-corrected chi connectivity index (χ4v) is 2.49. The van der Waals surface area contributed by atoms with E-state index < -0.39 is 0 Å². The topological polar surface area (TPSA) is 3.24 Å². The van der Waals surface area contributed by atoms with Crippen molar-refractivity contribution in [3.63, 3.8) is 0 Å². The zero-order valence-electron chi connectivity index (χ0n) is 10.1. The molecule has 0 aromatic heterocycles. The van der Waals surface area contributed by atoms with Crippen LogP contribution in [0.15, 0.2) is 24.3 Å². The van der Waals surface area contributed by atoms with Gasteiger partial charge >= 0.3 is 0 Å². The van der Waals surface area contributed by atoms with Gasteiger partial charge in [-0.25, -0.2) is 0 Å². The summed E-state index contributed by atoms with van der Waals surface area (Å²) in [4.78, 5) is 2.40. The molecule has 1 nitrogen and oxygen atoms in total. The molecule has 1 aliphatic rings. The monoisotopic (exact) mass is 237 g/mol. The first kappa shape index (κ1) is 11.9. The van der Waals surface area contributed by atoms with Gasteiger partial charge in [-0.1, -0.05) is 24.3 Å². The van der Waals surface area contributed by atoms with Crippen LogP contribution in [0.3, 0.4) is 0 Å². The largest absolute Gasteiger partial charge is 0.306 e. The Labute approximate surface area is 103 Å². The van der Waals surface area contributed by atoms with Crippen molar-refractivity contribution in [1.29, 1.82) is 0 Å². The smallest absolute Gasteiger partial charge is 0.0320 e. The van der Waals surface area contributed by atoms with E-state index >= 15 is 0 Å². The summed E-state index contributed by atoms with van der Waals surface area (Å²) < 4.78 is 0. The van der Waals surface area contributed by atoms with Gasteiger partial charge in [0, 0.05) is 17.8 Å². The lowest BCUT2D eigenvalue weighted by Crippen LogP contribution is -2.32. The molecule has 2 rings (SSSR count). The van der Waals surface area contributed by atoms with Gasteiger partial charge in [0.05, 0.1) is 0 Å². The first-order valence-electron chi connectivity index (χ1n) is 6.07. The van der Waals surface area contributed by atoms with Gasteiger partial charge in [0.1, 0.15) is 0 Å². The maximum Gasteiger partial charge on any atom is 0.0320 e. The van der Waals surface area contributed by atoms with E-state index in [1.165, 1.54) is 18.5 Å². The molecule has 0 N–H and O–H groups in total. The highest BCUT2D eigenvalue weighted by molar-refractivity contribution is 6.20. The Morgan fingerprint density at radius 1 is 1.44 bits per heavy atom. The summed E-state index contributed by atoms with van der Waals surface area (Å²) in [6, 6.07) is 8.79. The number of halogens is 1. The van der Waals surface area contributed by atoms with Gasteiger partial charge in [0.25, 0.3) is 0 Å². The summed E-state index contributed by atoms with van der Waals surface area (Å²) in [5, 5.41) is 0.288. The van der Waals surface area contributed by atoms with E-state index in [0.29, 0.717) is 0 Å². The zero-order valence-corrected chi connectivity index (χ0v) is 10.9. The normalized spacial score (nSPS) is 20.4. The maximum atomic E-state index is 5.96. The second-order valence-corrected chi connectivity index (χ2v) is 5.68. The summed E-state index contributed by atoms with van der Waals surface area (Å²) in [6.07, 6.45) is 2.32. The van der Waals surface area contributed by atoms with Crippen LogP contribution in [0.4, 0.5) is 0 Å². The van der Waals surface area contributed by atoms with Gasteiger partial charge in [0.2, 0.25) is 0 Å². The molecule has 0 saturated carbocycles. The summed E-state index contributed by atoms with van der Waals surface area (Å²) >= 11 is 5.96. The quantitative estimate of drug-likeness (QED) is 0.711. The summed E-state index contributed by atoms with van der Waals surface area (Å²) in [6.45, 7) is 4.33. The standard InChI is InChI=1S/C14H20ClN/c1-11(15)7-8-16(2)10-13-9-12-5-3-4-6-14(12)13/h3-6,11,13H,7-10H2,1-2H3. The lowest BCUT2D eigenvalue weighted by molar-refractivity contribution is 0.295. The predicted molar refractivity (Wildman–Crippen MR) is 70.3 cm³/mol. The summed E-state index contributed by atoms with van der Waals surface area (Å²) in [5.41, 5.74) is 3.08. The molecule has 0 aliphatic heterocycles. The van der Waals surface area contributed by atoms with Gasteiger partial charge in [-0.05, 0) is 44.5 Å². The molecule has 2 atom stereocenters. The minimum atomic E-state index is 0.288. The van der Waals surface area contributed by atoms with E-state index in [4.69, 9.17) is 11.6 Å². The van der Waals surface area contributed by atoms with Gasteiger partial charge in [-0.2, -0.15) is 0 Å². The molecule has 1 aromatic rings. The molecule has 0 fully saturated rings. The van der Waals surface area contributed by atoms with Crippen molar-refractivity contribution in [2.24, 2.45) is 0 Å². The maximum absolute atomic E-state index is 5.96. The lowest BCUT2D eigenvalue weighted by Gasteiger charge is -2.33. The van der Waals surface area contributed by atoms with Crippen LogP contribution in [0, 0.1) is 0 Å². The van der Waals surface area contributed by atoms with Crippen molar-refractivity contribution in [2.75, 3.05) is 20.1 Å². The van der Waals surface area contributed by atoms with Crippen molar-refractivity contribution < 1.29 is 0 Å². The van der Waals surface area contributed by atoms with Crippen LogP contribution in [0.2, 0.25) is 0 Å². The minimum absolute atomic E-state index is 0.288. The summed E-state index contributed by atoms with van der Waals surface area (Å²) in [5.74, 6) is 0.742. The van der Waals surface area contributed by atoms with Crippen LogP contribution >= 0.6 is 11.6 Å². The van der Waals surface area contributed by atoms with Crippen LogP contribution < -0.4 is 0 Å². The fraction of sp³-hybridized carbons (Fsp3) is 0.571. The molecule has 0 radical (unpaired) electrons. The van der Waals surface area contributed by atoms with Crippen LogP contribution in [-0.2, 0) is 6.42 Å². The van der Waals surface area contributed by atoms with Gasteiger partial charge < -0.3 is 4.90 Å². The van der Waals surface area contributed by atoms with Crippen molar-refractivity contribution in [3.8, 4) is 0 Å². The Kier molecular flexibility index (Phi) is 3.88. The molecule has 1 aliphatic carbocycles. The van der Waals surface area contributed by atoms with Gasteiger partial charge in [-0.3, -0.25) is 0 Å². The molecule has 2 unspecified atom stereocenters. The van der Waals surface area contributed by atoms with Crippen LogP contribution in [0.5, 0.6) is 0 Å². The zero-order chi connectivity index (χ0) is 11.5. The average Bonchev–Trinajstić information content (AvgIpc) is 2.23. The molecule has 0 spiro atoms. The highest BCUT2D eigenvalue weighted by Crippen LogP contribution is 2.35. The molecule has 0 bridgehead atoms. The Balaban J connectivity index is 1.80. The average molecular weight is 238 g/mol. The van der Waals surface area contributed by atoms with E-state index in [9.17, 15) is 0 Å². The lowest BCUT2D eigenvalue weighted by atomic mass is 9.77. The van der Waals surface area contributed by atoms with E-state index in [-0.39, 0.29) is 5.38 Å². The highest BCUT2D eigenvalue weighted by Gasteiger charge is 2.26.